The van der Waals surface area contributed by atoms with Gasteiger partial charge in [0.2, 0.25) is 0 Å². The molecular weight excluding hydrogens is 546 g/mol. The van der Waals surface area contributed by atoms with E-state index in [0.29, 0.717) is 0 Å². The van der Waals surface area contributed by atoms with E-state index in [1.807, 2.05) is 31.2 Å². The van der Waals surface area contributed by atoms with E-state index in [2.05, 4.69) is 71.0 Å². The summed E-state index contributed by atoms with van der Waals surface area (Å²) in [4.78, 5) is 20.1. The number of aryl methyl sites for hydroxylation is 3. The van der Waals surface area contributed by atoms with Crippen LogP contribution in [-0.4, -0.2) is 21.7 Å². The zero-order chi connectivity index (χ0) is 27.5. The zero-order valence-electron chi connectivity index (χ0n) is 24.2. The molecule has 1 N–H and O–H groups in total. The second-order valence-corrected chi connectivity index (χ2v) is 11.7. The predicted octanol–water partition coefficient (Wildman–Crippen LogP) is 6.95. The summed E-state index contributed by atoms with van der Waals surface area (Å²) in [7, 11) is 0. The first-order valence-corrected chi connectivity index (χ1v) is 13.6. The molecule has 0 aliphatic carbocycles. The predicted molar refractivity (Wildman–Crippen MR) is 160 cm³/mol. The quantitative estimate of drug-likeness (QED) is 0.234. The van der Waals surface area contributed by atoms with Gasteiger partial charge in [0.15, 0.2) is 0 Å². The first-order valence-electron chi connectivity index (χ1n) is 13.6. The van der Waals surface area contributed by atoms with Gasteiger partial charge in [-0.1, -0.05) is 80.4 Å². The third kappa shape index (κ3) is 5.11. The van der Waals surface area contributed by atoms with Gasteiger partial charge in [0.1, 0.15) is 0 Å². The fourth-order valence-corrected chi connectivity index (χ4v) is 5.95. The van der Waals surface area contributed by atoms with E-state index >= 15 is 0 Å². The monoisotopic (exact) mass is 578 g/mol. The molecule has 1 unspecified atom stereocenters. The summed E-state index contributed by atoms with van der Waals surface area (Å²) in [5.41, 5.74) is 13.9. The Balaban J connectivity index is 0.00000323. The molecule has 1 aromatic carbocycles. The van der Waals surface area contributed by atoms with Crippen LogP contribution in [0.2, 0.25) is 0 Å². The van der Waals surface area contributed by atoms with Gasteiger partial charge in [0, 0.05) is 35.7 Å². The Morgan fingerprint density at radius 3 is 2.25 bits per heavy atom. The smallest absolute Gasteiger partial charge is 0.658 e. The topological polar surface area (TPSA) is 74.2 Å². The van der Waals surface area contributed by atoms with Crippen molar-refractivity contribution < 1.29 is 24.6 Å². The maximum absolute atomic E-state index is 10.1. The maximum atomic E-state index is 10.1. The number of aliphatic hydroxyl groups is 1. The van der Waals surface area contributed by atoms with Crippen LogP contribution in [0.15, 0.2) is 48.5 Å². The summed E-state index contributed by atoms with van der Waals surface area (Å²) in [6.07, 6.45) is 4.93. The Morgan fingerprint density at radius 1 is 0.850 bits per heavy atom. The molecule has 0 radical (unpaired) electrons. The number of benzene rings is 1. The fraction of sp³-hybridized carbons (Fsp3) is 0.294. The number of hydrogen-bond donors (Lipinski definition) is 1. The van der Waals surface area contributed by atoms with Gasteiger partial charge in [0.25, 0.3) is 0 Å². The van der Waals surface area contributed by atoms with Crippen LogP contribution in [0.5, 0.6) is 0 Å². The van der Waals surface area contributed by atoms with Gasteiger partial charge in [0.05, 0.1) is 11.4 Å². The van der Waals surface area contributed by atoms with Crippen molar-refractivity contribution in [3.05, 3.63) is 93.6 Å². The van der Waals surface area contributed by atoms with E-state index in [0.717, 1.165) is 68.0 Å². The number of fused-ring (bicyclic) bond motifs is 8. The third-order valence-electron chi connectivity index (χ3n) is 7.88. The standard InChI is InChI=1S/C34H34N4O.Zn/c1-19-11-20(2)32(21(3)12-19)33-28-10-9-24(36-28)13-23-7-8-25(35-23)15-31-34(5,6)17-26(37-31)14-29-27(22(4)18-39)16-30(33)38-29;/h7-16,22,39H,17-18H2,1-6H3;/q-2;+2. The van der Waals surface area contributed by atoms with Crippen LogP contribution in [0.4, 0.5) is 0 Å². The average Bonchev–Trinajstić information content (AvgIpc) is 3.64. The first-order chi connectivity index (χ1) is 18.6. The maximum Gasteiger partial charge on any atom is 2.00 e. The minimum atomic E-state index is -0.115. The summed E-state index contributed by atoms with van der Waals surface area (Å²) in [6, 6.07) is 16.9. The molecular formula is C34H34N4OZn. The summed E-state index contributed by atoms with van der Waals surface area (Å²) in [5.74, 6) is -0.0609. The summed E-state index contributed by atoms with van der Waals surface area (Å²) in [5, 5.41) is 10.1. The molecule has 5 nitrogen and oxygen atoms in total. The molecule has 2 aliphatic heterocycles. The number of aromatic nitrogens is 4. The van der Waals surface area contributed by atoms with Gasteiger partial charge in [-0.2, -0.15) is 0 Å². The van der Waals surface area contributed by atoms with Crippen LogP contribution in [0.3, 0.4) is 0 Å². The molecule has 0 amide bonds. The zero-order valence-corrected chi connectivity index (χ0v) is 27.2. The van der Waals surface area contributed by atoms with Crippen LogP contribution in [0.1, 0.15) is 71.7 Å². The van der Waals surface area contributed by atoms with Crippen molar-refractivity contribution in [2.24, 2.45) is 0 Å². The van der Waals surface area contributed by atoms with E-state index in [4.69, 9.17) is 19.9 Å². The molecule has 1 atom stereocenters. The molecule has 3 aromatic heterocycles. The Morgan fingerprint density at radius 2 is 1.55 bits per heavy atom. The van der Waals surface area contributed by atoms with E-state index in [-0.39, 0.29) is 37.4 Å². The molecule has 0 saturated heterocycles. The van der Waals surface area contributed by atoms with Crippen LogP contribution >= 0.6 is 0 Å². The molecule has 8 bridgehead atoms. The number of nitrogens with zero attached hydrogens (tertiary/aromatic N) is 4. The Kier molecular flexibility index (Phi) is 7.45. The molecule has 6 rings (SSSR count). The molecule has 40 heavy (non-hydrogen) atoms. The number of rotatable bonds is 3. The molecule has 4 aromatic rings. The van der Waals surface area contributed by atoms with Gasteiger partial charge < -0.3 is 15.1 Å². The van der Waals surface area contributed by atoms with Crippen LogP contribution in [-0.2, 0) is 31.3 Å². The van der Waals surface area contributed by atoms with E-state index in [1.54, 1.807) is 0 Å². The Hall–Kier alpha value is -3.34. The van der Waals surface area contributed by atoms with Gasteiger partial charge in [-0.25, -0.2) is 4.98 Å². The van der Waals surface area contributed by atoms with E-state index in [9.17, 15) is 5.11 Å². The Bertz CT molecular complexity index is 1790. The van der Waals surface area contributed by atoms with Crippen LogP contribution < -0.4 is 9.97 Å². The molecule has 198 valence electrons. The summed E-state index contributed by atoms with van der Waals surface area (Å²) in [6.45, 7) is 13.0. The Labute approximate surface area is 248 Å². The number of hydrogen-bond acceptors (Lipinski definition) is 3. The normalized spacial score (nSPS) is 14.7. The van der Waals surface area contributed by atoms with Crippen LogP contribution in [0.25, 0.3) is 45.3 Å². The van der Waals surface area contributed by atoms with Crippen molar-refractivity contribution in [2.75, 3.05) is 6.61 Å². The molecule has 6 heteroatoms. The minimum Gasteiger partial charge on any atom is -0.658 e. The van der Waals surface area contributed by atoms with Crippen molar-refractivity contribution in [3.8, 4) is 11.1 Å². The van der Waals surface area contributed by atoms with E-state index in [1.165, 1.54) is 16.7 Å². The average molecular weight is 580 g/mol. The molecule has 0 saturated carbocycles. The van der Waals surface area contributed by atoms with Crippen molar-refractivity contribution in [1.29, 1.82) is 0 Å². The molecule has 5 heterocycles. The fourth-order valence-electron chi connectivity index (χ4n) is 5.95. The van der Waals surface area contributed by atoms with Crippen molar-refractivity contribution in [1.82, 2.24) is 19.9 Å². The SMILES string of the molecule is Cc1cc(C)c(-c2c3nc(cc4ccc(cc5nc(cc6[n-]c2cc6C(C)CO)CC5(C)C)[n-]4)C=C3)c(C)c1.[Zn+2]. The van der Waals surface area contributed by atoms with Gasteiger partial charge in [-0.15, -0.1) is 22.1 Å². The summed E-state index contributed by atoms with van der Waals surface area (Å²) >= 11 is 0. The minimum absolute atomic E-state index is 0. The van der Waals surface area contributed by atoms with Crippen molar-refractivity contribution >= 4 is 34.2 Å². The second kappa shape index (κ2) is 10.6. The molecule has 2 aliphatic rings. The molecule has 0 spiro atoms. The van der Waals surface area contributed by atoms with Crippen molar-refractivity contribution in [2.45, 2.75) is 59.3 Å². The van der Waals surface area contributed by atoms with Gasteiger partial charge >= 0.3 is 19.5 Å². The first kappa shape index (κ1) is 28.2. The second-order valence-electron chi connectivity index (χ2n) is 11.7. The number of aliphatic hydroxyl groups excluding tert-OH is 1. The van der Waals surface area contributed by atoms with E-state index < -0.39 is 0 Å². The largest absolute Gasteiger partial charge is 2.00 e. The van der Waals surface area contributed by atoms with Crippen LogP contribution in [0, 0.1) is 20.8 Å². The summed E-state index contributed by atoms with van der Waals surface area (Å²) < 4.78 is 0. The van der Waals surface area contributed by atoms with Gasteiger partial charge in [-0.3, -0.25) is 4.98 Å². The molecule has 0 fully saturated rings. The van der Waals surface area contributed by atoms with Crippen molar-refractivity contribution in [3.63, 3.8) is 0 Å². The third-order valence-corrected chi connectivity index (χ3v) is 7.88. The van der Waals surface area contributed by atoms with Gasteiger partial charge in [-0.05, 0) is 55.2 Å².